The number of hydrogen-bond donors (Lipinski definition) is 2. The first-order chi connectivity index (χ1) is 13.8. The summed E-state index contributed by atoms with van der Waals surface area (Å²) in [5.74, 6) is -0.386. The zero-order valence-electron chi connectivity index (χ0n) is 16.7. The molecule has 0 aliphatic rings. The zero-order valence-corrected chi connectivity index (χ0v) is 16.7. The third-order valence-electron chi connectivity index (χ3n) is 4.70. The predicted molar refractivity (Wildman–Crippen MR) is 115 cm³/mol. The molecule has 0 saturated carbocycles. The second-order valence-corrected chi connectivity index (χ2v) is 6.99. The smallest absolute Gasteiger partial charge is 0.330 e. The molecular formula is C22H24N4O3. The van der Waals surface area contributed by atoms with Crippen LogP contribution in [0.5, 0.6) is 0 Å². The lowest BCUT2D eigenvalue weighted by molar-refractivity contribution is 0.0988. The summed E-state index contributed by atoms with van der Waals surface area (Å²) >= 11 is 0. The average molecular weight is 392 g/mol. The van der Waals surface area contributed by atoms with Gasteiger partial charge >= 0.3 is 5.69 Å². The van der Waals surface area contributed by atoms with Gasteiger partial charge in [0.15, 0.2) is 5.69 Å². The Balaban J connectivity index is 2.10. The number of nitrogens with two attached hydrogens (primary N) is 1. The zero-order chi connectivity index (χ0) is 21.1. The van der Waals surface area contributed by atoms with Gasteiger partial charge < -0.3 is 10.6 Å². The highest BCUT2D eigenvalue weighted by atomic mass is 16.2. The van der Waals surface area contributed by atoms with Gasteiger partial charge in [0.25, 0.3) is 11.5 Å². The van der Waals surface area contributed by atoms with Crippen molar-refractivity contribution in [1.82, 2.24) is 9.55 Å². The van der Waals surface area contributed by atoms with E-state index in [0.717, 1.165) is 16.7 Å². The Hall–Kier alpha value is -3.61. The van der Waals surface area contributed by atoms with Crippen LogP contribution < -0.4 is 21.9 Å². The highest BCUT2D eigenvalue weighted by Gasteiger charge is 2.24. The quantitative estimate of drug-likeness (QED) is 0.696. The third-order valence-corrected chi connectivity index (χ3v) is 4.70. The molecule has 3 N–H and O–H groups in total. The van der Waals surface area contributed by atoms with Gasteiger partial charge in [-0.3, -0.25) is 19.1 Å². The molecule has 0 fully saturated rings. The van der Waals surface area contributed by atoms with Crippen molar-refractivity contribution in [1.29, 1.82) is 0 Å². The van der Waals surface area contributed by atoms with Crippen molar-refractivity contribution >= 4 is 17.4 Å². The van der Waals surface area contributed by atoms with E-state index < -0.39 is 11.2 Å². The molecule has 3 aromatic rings. The van der Waals surface area contributed by atoms with E-state index in [2.05, 4.69) is 4.98 Å². The molecule has 0 radical (unpaired) electrons. The second-order valence-electron chi connectivity index (χ2n) is 6.99. The number of H-pyrrole nitrogens is 1. The Bertz CT molecular complexity index is 1140. The molecule has 7 nitrogen and oxygen atoms in total. The predicted octanol–water partition coefficient (Wildman–Crippen LogP) is 2.45. The Morgan fingerprint density at radius 1 is 1.07 bits per heavy atom. The van der Waals surface area contributed by atoms with Crippen molar-refractivity contribution in [2.24, 2.45) is 0 Å². The van der Waals surface area contributed by atoms with Crippen LogP contribution in [0, 0.1) is 13.8 Å². The Morgan fingerprint density at radius 3 is 2.28 bits per heavy atom. The van der Waals surface area contributed by atoms with Crippen molar-refractivity contribution in [2.75, 3.05) is 17.2 Å². The minimum Gasteiger partial charge on any atom is -0.383 e. The van der Waals surface area contributed by atoms with Crippen LogP contribution in [0.4, 0.5) is 11.5 Å². The fraction of sp³-hybridized carbons (Fsp3) is 0.227. The first kappa shape index (κ1) is 20.1. The van der Waals surface area contributed by atoms with Crippen molar-refractivity contribution in [3.05, 3.63) is 91.6 Å². The molecule has 0 saturated heterocycles. The van der Waals surface area contributed by atoms with Crippen LogP contribution >= 0.6 is 0 Å². The first-order valence-corrected chi connectivity index (χ1v) is 9.38. The summed E-state index contributed by atoms with van der Waals surface area (Å²) in [5, 5.41) is 0. The Labute approximate surface area is 168 Å². The largest absolute Gasteiger partial charge is 0.383 e. The number of carbonyl (C=O) groups excluding carboxylic acids is 1. The van der Waals surface area contributed by atoms with Crippen LogP contribution in [0.1, 0.15) is 34.0 Å². The molecule has 2 aromatic carbocycles. The molecule has 0 spiro atoms. The van der Waals surface area contributed by atoms with Gasteiger partial charge in [0, 0.05) is 12.1 Å². The van der Waals surface area contributed by atoms with Crippen molar-refractivity contribution in [3.63, 3.8) is 0 Å². The number of aryl methyl sites for hydroxylation is 2. The summed E-state index contributed by atoms with van der Waals surface area (Å²) in [7, 11) is 0. The van der Waals surface area contributed by atoms with Crippen LogP contribution in [0.2, 0.25) is 0 Å². The van der Waals surface area contributed by atoms with E-state index >= 15 is 0 Å². The minimum atomic E-state index is -0.684. The number of benzene rings is 2. The number of hydrogen-bond acceptors (Lipinski definition) is 4. The molecule has 1 heterocycles. The van der Waals surface area contributed by atoms with Gasteiger partial charge in [0.1, 0.15) is 5.82 Å². The lowest BCUT2D eigenvalue weighted by atomic mass is 10.1. The maximum absolute atomic E-state index is 13.2. The van der Waals surface area contributed by atoms with Gasteiger partial charge in [-0.15, -0.1) is 0 Å². The van der Waals surface area contributed by atoms with Crippen LogP contribution in [-0.2, 0) is 6.54 Å². The van der Waals surface area contributed by atoms with Gasteiger partial charge in [-0.05, 0) is 38.5 Å². The van der Waals surface area contributed by atoms with Crippen molar-refractivity contribution in [2.45, 2.75) is 27.3 Å². The van der Waals surface area contributed by atoms with E-state index in [1.54, 1.807) is 19.1 Å². The molecular weight excluding hydrogens is 368 g/mol. The molecule has 0 unspecified atom stereocenters. The number of nitrogen functional groups attached to an aromatic ring is 1. The summed E-state index contributed by atoms with van der Waals surface area (Å²) in [5.41, 5.74) is 8.11. The Morgan fingerprint density at radius 2 is 1.69 bits per heavy atom. The molecule has 1 amide bonds. The van der Waals surface area contributed by atoms with Gasteiger partial charge in [-0.1, -0.05) is 47.5 Å². The molecule has 0 aliphatic carbocycles. The van der Waals surface area contributed by atoms with Crippen molar-refractivity contribution < 1.29 is 4.79 Å². The summed E-state index contributed by atoms with van der Waals surface area (Å²) in [6, 6.07) is 14.8. The van der Waals surface area contributed by atoms with Gasteiger partial charge in [-0.25, -0.2) is 4.79 Å². The van der Waals surface area contributed by atoms with Gasteiger partial charge in [0.2, 0.25) is 0 Å². The number of rotatable bonds is 5. The van der Waals surface area contributed by atoms with E-state index in [-0.39, 0.29) is 30.5 Å². The number of carbonyl (C=O) groups is 1. The molecule has 7 heteroatoms. The van der Waals surface area contributed by atoms with E-state index in [1.165, 1.54) is 9.47 Å². The molecule has 0 aliphatic heterocycles. The van der Waals surface area contributed by atoms with Crippen LogP contribution in [0.3, 0.4) is 0 Å². The van der Waals surface area contributed by atoms with Crippen LogP contribution in [-0.4, -0.2) is 22.0 Å². The van der Waals surface area contributed by atoms with E-state index in [0.29, 0.717) is 5.56 Å². The Kier molecular flexibility index (Phi) is 5.68. The summed E-state index contributed by atoms with van der Waals surface area (Å²) in [4.78, 5) is 41.7. The van der Waals surface area contributed by atoms with E-state index in [4.69, 9.17) is 5.73 Å². The lowest BCUT2D eigenvalue weighted by Crippen LogP contribution is -2.41. The molecule has 29 heavy (non-hydrogen) atoms. The number of nitrogens with zero attached hydrogens (tertiary/aromatic N) is 2. The SMILES string of the molecule is CCN(C(=O)c1cc(C)cc(C)c1)c1c(N)n(Cc2ccccc2)c(=O)[nH]c1=O. The minimum absolute atomic E-state index is 0.0211. The second kappa shape index (κ2) is 8.18. The van der Waals surface area contributed by atoms with Crippen LogP contribution in [0.25, 0.3) is 0 Å². The van der Waals surface area contributed by atoms with Gasteiger partial charge in [0.05, 0.1) is 6.54 Å². The summed E-state index contributed by atoms with van der Waals surface area (Å²) in [6.45, 7) is 5.97. The highest BCUT2D eigenvalue weighted by Crippen LogP contribution is 2.21. The summed E-state index contributed by atoms with van der Waals surface area (Å²) < 4.78 is 1.27. The topological polar surface area (TPSA) is 101 Å². The molecule has 0 bridgehead atoms. The maximum Gasteiger partial charge on any atom is 0.330 e. The normalized spacial score (nSPS) is 10.7. The molecule has 0 atom stereocenters. The number of anilines is 2. The molecule has 3 rings (SSSR count). The third kappa shape index (κ3) is 4.13. The fourth-order valence-electron chi connectivity index (χ4n) is 3.42. The standard InChI is InChI=1S/C22H24N4O3/c1-4-25(21(28)17-11-14(2)10-15(3)12-17)18-19(23)26(22(29)24-20(18)27)13-16-8-6-5-7-9-16/h5-12H,4,13,23H2,1-3H3,(H,24,27,29). The fourth-order valence-corrected chi connectivity index (χ4v) is 3.42. The molecule has 1 aromatic heterocycles. The van der Waals surface area contributed by atoms with Crippen molar-refractivity contribution in [3.8, 4) is 0 Å². The number of aromatic amines is 1. The summed E-state index contributed by atoms with van der Waals surface area (Å²) in [6.07, 6.45) is 0. The number of amides is 1. The van der Waals surface area contributed by atoms with E-state index in [9.17, 15) is 14.4 Å². The average Bonchev–Trinajstić information content (AvgIpc) is 2.68. The van der Waals surface area contributed by atoms with E-state index in [1.807, 2.05) is 50.2 Å². The monoisotopic (exact) mass is 392 g/mol. The maximum atomic E-state index is 13.2. The number of nitrogens with one attached hydrogen (secondary N) is 1. The highest BCUT2D eigenvalue weighted by molar-refractivity contribution is 6.07. The van der Waals surface area contributed by atoms with Crippen LogP contribution in [0.15, 0.2) is 58.1 Å². The first-order valence-electron chi connectivity index (χ1n) is 9.38. The molecule has 150 valence electrons. The van der Waals surface area contributed by atoms with Gasteiger partial charge in [-0.2, -0.15) is 0 Å². The number of aromatic nitrogens is 2. The lowest BCUT2D eigenvalue weighted by Gasteiger charge is -2.23.